The van der Waals surface area contributed by atoms with E-state index in [0.29, 0.717) is 12.5 Å². The maximum Gasteiger partial charge on any atom is 0.242 e. The van der Waals surface area contributed by atoms with Crippen molar-refractivity contribution in [3.63, 3.8) is 0 Å². The lowest BCUT2D eigenvalue weighted by Gasteiger charge is -2.34. The van der Waals surface area contributed by atoms with Gasteiger partial charge in [-0.1, -0.05) is 0 Å². The number of piperidine rings is 1. The van der Waals surface area contributed by atoms with Gasteiger partial charge in [0.1, 0.15) is 6.04 Å². The lowest BCUT2D eigenvalue weighted by atomic mass is 10.0. The molecule has 1 amide bonds. The highest BCUT2D eigenvalue weighted by molar-refractivity contribution is 6.31. The zero-order chi connectivity index (χ0) is 13.1. The number of aromatic nitrogens is 3. The Bertz CT molecular complexity index is 436. The van der Waals surface area contributed by atoms with E-state index >= 15 is 0 Å². The molecule has 0 aliphatic carbocycles. The number of likely N-dealkylation sites (N-methyl/N-ethyl adjacent to an activating group) is 1. The predicted molar refractivity (Wildman–Crippen MR) is 68.9 cm³/mol. The van der Waals surface area contributed by atoms with Crippen LogP contribution in [0, 0.1) is 0 Å². The standard InChI is InChI=1S/C10H13Cl2N5O/c1-13-7(18)6-4-2-3-5-17(6)10-15-8(11)14-9(12)16-10/h6H,2-5H2,1H3,(H,13,18). The number of hydrogen-bond donors (Lipinski definition) is 1. The Kier molecular flexibility index (Phi) is 4.19. The minimum Gasteiger partial charge on any atom is -0.357 e. The summed E-state index contributed by atoms with van der Waals surface area (Å²) in [5, 5.41) is 2.71. The zero-order valence-corrected chi connectivity index (χ0v) is 11.4. The fourth-order valence-electron chi connectivity index (χ4n) is 2.05. The Hall–Kier alpha value is -1.14. The lowest BCUT2D eigenvalue weighted by molar-refractivity contribution is -0.122. The van der Waals surface area contributed by atoms with Crippen molar-refractivity contribution in [2.24, 2.45) is 0 Å². The number of halogens is 2. The van der Waals surface area contributed by atoms with Crippen LogP contribution in [0.4, 0.5) is 5.95 Å². The van der Waals surface area contributed by atoms with Crippen molar-refractivity contribution < 1.29 is 4.79 Å². The zero-order valence-electron chi connectivity index (χ0n) is 9.86. The van der Waals surface area contributed by atoms with Crippen LogP contribution in [0.25, 0.3) is 0 Å². The number of nitrogens with one attached hydrogen (secondary N) is 1. The molecule has 8 heteroatoms. The monoisotopic (exact) mass is 289 g/mol. The van der Waals surface area contributed by atoms with Gasteiger partial charge in [-0.3, -0.25) is 4.79 Å². The number of anilines is 1. The Balaban J connectivity index is 2.30. The van der Waals surface area contributed by atoms with Gasteiger partial charge in [0.25, 0.3) is 0 Å². The summed E-state index contributed by atoms with van der Waals surface area (Å²) in [5.41, 5.74) is 0. The fraction of sp³-hybridized carbons (Fsp3) is 0.600. The molecule has 1 aliphatic rings. The number of amides is 1. The fourth-order valence-corrected chi connectivity index (χ4v) is 2.41. The number of carbonyl (C=O) groups is 1. The topological polar surface area (TPSA) is 71.0 Å². The summed E-state index contributed by atoms with van der Waals surface area (Å²) in [4.78, 5) is 25.4. The molecule has 0 radical (unpaired) electrons. The molecule has 1 aromatic heterocycles. The Morgan fingerprint density at radius 1 is 1.28 bits per heavy atom. The second-order valence-corrected chi connectivity index (χ2v) is 4.67. The average Bonchev–Trinajstić information content (AvgIpc) is 2.36. The summed E-state index contributed by atoms with van der Waals surface area (Å²) in [6.07, 6.45) is 2.75. The first-order valence-electron chi connectivity index (χ1n) is 5.67. The first-order valence-corrected chi connectivity index (χ1v) is 6.42. The summed E-state index contributed by atoms with van der Waals surface area (Å²) in [6.45, 7) is 0.703. The smallest absolute Gasteiger partial charge is 0.242 e. The Morgan fingerprint density at radius 3 is 2.56 bits per heavy atom. The minimum atomic E-state index is -0.279. The van der Waals surface area contributed by atoms with Crippen molar-refractivity contribution in [2.75, 3.05) is 18.5 Å². The second kappa shape index (κ2) is 5.67. The molecule has 1 aliphatic heterocycles. The normalized spacial score (nSPS) is 19.7. The first-order chi connectivity index (χ1) is 8.61. The minimum absolute atomic E-state index is 0.0335. The van der Waals surface area contributed by atoms with Gasteiger partial charge in [-0.05, 0) is 42.5 Å². The maximum atomic E-state index is 11.8. The SMILES string of the molecule is CNC(=O)C1CCCCN1c1nc(Cl)nc(Cl)n1. The van der Waals surface area contributed by atoms with Crippen LogP contribution >= 0.6 is 23.2 Å². The number of carbonyl (C=O) groups excluding carboxylic acids is 1. The van der Waals surface area contributed by atoms with Crippen molar-refractivity contribution in [1.82, 2.24) is 20.3 Å². The van der Waals surface area contributed by atoms with Crippen molar-refractivity contribution in [3.05, 3.63) is 10.6 Å². The third-order valence-corrected chi connectivity index (χ3v) is 3.22. The summed E-state index contributed by atoms with van der Waals surface area (Å²) in [5.74, 6) is 0.302. The van der Waals surface area contributed by atoms with Crippen LogP contribution in [-0.2, 0) is 4.79 Å². The van der Waals surface area contributed by atoms with Gasteiger partial charge in [0, 0.05) is 13.6 Å². The first kappa shape index (κ1) is 13.3. The number of hydrogen-bond acceptors (Lipinski definition) is 5. The quantitative estimate of drug-likeness (QED) is 0.888. The molecule has 1 saturated heterocycles. The van der Waals surface area contributed by atoms with Gasteiger partial charge < -0.3 is 10.2 Å². The Morgan fingerprint density at radius 2 is 1.94 bits per heavy atom. The molecule has 1 fully saturated rings. The molecule has 1 N–H and O–H groups in total. The third kappa shape index (κ3) is 2.81. The molecule has 1 atom stereocenters. The van der Waals surface area contributed by atoms with Crippen LogP contribution in [0.2, 0.25) is 10.6 Å². The van der Waals surface area contributed by atoms with Crippen LogP contribution in [-0.4, -0.2) is 40.5 Å². The molecule has 0 bridgehead atoms. The molecule has 2 heterocycles. The molecule has 6 nitrogen and oxygen atoms in total. The average molecular weight is 290 g/mol. The van der Waals surface area contributed by atoms with Gasteiger partial charge >= 0.3 is 0 Å². The number of rotatable bonds is 2. The highest BCUT2D eigenvalue weighted by Gasteiger charge is 2.30. The molecule has 1 unspecified atom stereocenters. The molecule has 0 aromatic carbocycles. The van der Waals surface area contributed by atoms with E-state index < -0.39 is 0 Å². The largest absolute Gasteiger partial charge is 0.357 e. The maximum absolute atomic E-state index is 11.8. The van der Waals surface area contributed by atoms with E-state index in [0.717, 1.165) is 19.3 Å². The summed E-state index contributed by atoms with van der Waals surface area (Å²) in [6, 6.07) is -0.279. The molecule has 98 valence electrons. The van der Waals surface area contributed by atoms with Gasteiger partial charge in [0.15, 0.2) is 0 Å². The van der Waals surface area contributed by atoms with Gasteiger partial charge in [-0.15, -0.1) is 0 Å². The number of nitrogens with zero attached hydrogens (tertiary/aromatic N) is 4. The summed E-state index contributed by atoms with van der Waals surface area (Å²) >= 11 is 11.5. The van der Waals surface area contributed by atoms with E-state index in [1.54, 1.807) is 7.05 Å². The highest BCUT2D eigenvalue weighted by atomic mass is 35.5. The van der Waals surface area contributed by atoms with Crippen LogP contribution in [0.5, 0.6) is 0 Å². The molecule has 0 spiro atoms. The van der Waals surface area contributed by atoms with Crippen LogP contribution < -0.4 is 10.2 Å². The molecular weight excluding hydrogens is 277 g/mol. The van der Waals surface area contributed by atoms with Crippen LogP contribution in [0.3, 0.4) is 0 Å². The van der Waals surface area contributed by atoms with Gasteiger partial charge in [0.05, 0.1) is 0 Å². The van der Waals surface area contributed by atoms with E-state index in [-0.39, 0.29) is 22.5 Å². The Labute approximate surface area is 115 Å². The molecule has 2 rings (SSSR count). The molecule has 0 saturated carbocycles. The van der Waals surface area contributed by atoms with Crippen molar-refractivity contribution in [1.29, 1.82) is 0 Å². The van der Waals surface area contributed by atoms with E-state index in [4.69, 9.17) is 23.2 Å². The van der Waals surface area contributed by atoms with Crippen LogP contribution in [0.1, 0.15) is 19.3 Å². The lowest BCUT2D eigenvalue weighted by Crippen LogP contribution is -2.49. The van der Waals surface area contributed by atoms with Gasteiger partial charge in [0.2, 0.25) is 22.4 Å². The van der Waals surface area contributed by atoms with Gasteiger partial charge in [-0.2, -0.15) is 15.0 Å². The van der Waals surface area contributed by atoms with E-state index in [2.05, 4.69) is 20.3 Å². The predicted octanol–water partition coefficient (Wildman–Crippen LogP) is 1.28. The summed E-state index contributed by atoms with van der Waals surface area (Å²) in [7, 11) is 1.61. The van der Waals surface area contributed by atoms with Crippen molar-refractivity contribution in [3.8, 4) is 0 Å². The van der Waals surface area contributed by atoms with E-state index in [9.17, 15) is 4.79 Å². The molecule has 18 heavy (non-hydrogen) atoms. The van der Waals surface area contributed by atoms with Crippen molar-refractivity contribution >= 4 is 35.1 Å². The van der Waals surface area contributed by atoms with E-state index in [1.807, 2.05) is 4.90 Å². The van der Waals surface area contributed by atoms with Crippen molar-refractivity contribution in [2.45, 2.75) is 25.3 Å². The second-order valence-electron chi connectivity index (χ2n) is 3.99. The molecular formula is C10H13Cl2N5O. The van der Waals surface area contributed by atoms with E-state index in [1.165, 1.54) is 0 Å². The summed E-state index contributed by atoms with van der Waals surface area (Å²) < 4.78 is 0. The third-order valence-electron chi connectivity index (χ3n) is 2.88. The highest BCUT2D eigenvalue weighted by Crippen LogP contribution is 2.23. The van der Waals surface area contributed by atoms with Gasteiger partial charge in [-0.25, -0.2) is 0 Å². The van der Waals surface area contributed by atoms with Crippen LogP contribution in [0.15, 0.2) is 0 Å². The molecule has 1 aromatic rings.